The lowest BCUT2D eigenvalue weighted by Crippen LogP contribution is -2.01. The quantitative estimate of drug-likeness (QED) is 0.798. The smallest absolute Gasteiger partial charge is 0.128 e. The van der Waals surface area contributed by atoms with Crippen molar-refractivity contribution in [2.24, 2.45) is 0 Å². The normalized spacial score (nSPS) is 12.7. The maximum Gasteiger partial charge on any atom is 0.128 e. The molecule has 104 valence electrons. The molecule has 2 aromatic carbocycles. The number of halogens is 2. The Labute approximate surface area is 125 Å². The molecule has 0 spiro atoms. The monoisotopic (exact) mass is 308 g/mol. The van der Waals surface area contributed by atoms with Crippen LogP contribution in [-0.2, 0) is 16.6 Å². The van der Waals surface area contributed by atoms with Crippen LogP contribution in [0.4, 0.5) is 4.39 Å². The third-order valence-electron chi connectivity index (χ3n) is 2.76. The van der Waals surface area contributed by atoms with Crippen molar-refractivity contribution in [3.05, 3.63) is 76.6 Å². The molecular weight excluding hydrogens is 295 g/mol. The molecule has 0 fully saturated rings. The largest absolute Gasteiger partial charge is 0.259 e. The van der Waals surface area contributed by atoms with E-state index in [1.54, 1.807) is 12.1 Å². The zero-order chi connectivity index (χ0) is 14.4. The molecule has 0 bridgehead atoms. The van der Waals surface area contributed by atoms with Crippen LogP contribution >= 0.6 is 11.6 Å². The highest BCUT2D eigenvalue weighted by atomic mass is 35.5. The molecule has 1 atom stereocenters. The summed E-state index contributed by atoms with van der Waals surface area (Å²) in [5, 5.41) is 0.324. The fourth-order valence-electron chi connectivity index (χ4n) is 1.75. The Hall–Kier alpha value is -1.45. The van der Waals surface area contributed by atoms with Gasteiger partial charge in [-0.1, -0.05) is 60.2 Å². The topological polar surface area (TPSA) is 17.1 Å². The lowest BCUT2D eigenvalue weighted by Gasteiger charge is -2.04. The Morgan fingerprint density at radius 3 is 2.55 bits per heavy atom. The molecule has 20 heavy (non-hydrogen) atoms. The molecular formula is C16H14ClFOS. The van der Waals surface area contributed by atoms with Crippen LogP contribution in [0.2, 0.25) is 5.02 Å². The third kappa shape index (κ3) is 4.29. The minimum absolute atomic E-state index is 0.130. The van der Waals surface area contributed by atoms with Crippen LogP contribution < -0.4 is 0 Å². The van der Waals surface area contributed by atoms with Crippen LogP contribution in [0.3, 0.4) is 0 Å². The van der Waals surface area contributed by atoms with E-state index >= 15 is 0 Å². The SMILES string of the molecule is O=S(CC=Cc1ccccc1)Cc1c(F)cccc1Cl. The van der Waals surface area contributed by atoms with Crippen molar-refractivity contribution in [2.75, 3.05) is 5.75 Å². The Bertz CT molecular complexity index is 605. The Morgan fingerprint density at radius 1 is 1.10 bits per heavy atom. The first-order chi connectivity index (χ1) is 9.66. The molecule has 0 N–H and O–H groups in total. The minimum Gasteiger partial charge on any atom is -0.259 e. The van der Waals surface area contributed by atoms with E-state index in [9.17, 15) is 8.60 Å². The van der Waals surface area contributed by atoms with Gasteiger partial charge in [0.15, 0.2) is 0 Å². The van der Waals surface area contributed by atoms with Gasteiger partial charge in [-0.2, -0.15) is 0 Å². The van der Waals surface area contributed by atoms with Gasteiger partial charge in [0, 0.05) is 27.1 Å². The molecule has 0 aliphatic carbocycles. The summed E-state index contributed by atoms with van der Waals surface area (Å²) in [6, 6.07) is 14.2. The van der Waals surface area contributed by atoms with Gasteiger partial charge in [-0.05, 0) is 17.7 Å². The van der Waals surface area contributed by atoms with Crippen molar-refractivity contribution in [3.63, 3.8) is 0 Å². The zero-order valence-electron chi connectivity index (χ0n) is 10.8. The second-order valence-corrected chi connectivity index (χ2v) is 6.17. The van der Waals surface area contributed by atoms with Crippen LogP contribution in [0.1, 0.15) is 11.1 Å². The first kappa shape index (κ1) is 14.9. The van der Waals surface area contributed by atoms with Gasteiger partial charge in [-0.15, -0.1) is 0 Å². The maximum absolute atomic E-state index is 13.6. The van der Waals surface area contributed by atoms with E-state index < -0.39 is 16.6 Å². The fourth-order valence-corrected chi connectivity index (χ4v) is 3.10. The molecule has 2 aromatic rings. The van der Waals surface area contributed by atoms with E-state index in [0.29, 0.717) is 16.3 Å². The summed E-state index contributed by atoms with van der Waals surface area (Å²) in [5.41, 5.74) is 1.37. The Kier molecular flexibility index (Phi) is 5.50. The summed E-state index contributed by atoms with van der Waals surface area (Å²) in [4.78, 5) is 0. The predicted octanol–water partition coefficient (Wildman–Crippen LogP) is 4.44. The number of hydrogen-bond donors (Lipinski definition) is 0. The molecule has 1 unspecified atom stereocenters. The van der Waals surface area contributed by atoms with Gasteiger partial charge in [-0.3, -0.25) is 4.21 Å². The molecule has 4 heteroatoms. The second kappa shape index (κ2) is 7.36. The molecule has 0 aromatic heterocycles. The van der Waals surface area contributed by atoms with E-state index in [2.05, 4.69) is 0 Å². The van der Waals surface area contributed by atoms with Gasteiger partial charge in [0.2, 0.25) is 0 Å². The first-order valence-electron chi connectivity index (χ1n) is 6.16. The number of rotatable bonds is 5. The third-order valence-corrected chi connectivity index (χ3v) is 4.29. The number of benzene rings is 2. The molecule has 0 aliphatic rings. The van der Waals surface area contributed by atoms with Gasteiger partial charge in [0.05, 0.1) is 5.75 Å². The molecule has 0 aliphatic heterocycles. The van der Waals surface area contributed by atoms with Gasteiger partial charge in [-0.25, -0.2) is 4.39 Å². The van der Waals surface area contributed by atoms with Gasteiger partial charge >= 0.3 is 0 Å². The zero-order valence-corrected chi connectivity index (χ0v) is 12.3. The standard InChI is InChI=1S/C16H14ClFOS/c17-15-9-4-10-16(18)14(15)12-20(19)11-5-8-13-6-2-1-3-7-13/h1-10H,11-12H2. The van der Waals surface area contributed by atoms with Crippen LogP contribution in [0, 0.1) is 5.82 Å². The van der Waals surface area contributed by atoms with Gasteiger partial charge in [0.25, 0.3) is 0 Å². The van der Waals surface area contributed by atoms with E-state index in [0.717, 1.165) is 5.56 Å². The number of hydrogen-bond acceptors (Lipinski definition) is 1. The van der Waals surface area contributed by atoms with E-state index in [4.69, 9.17) is 11.6 Å². The molecule has 1 nitrogen and oxygen atoms in total. The summed E-state index contributed by atoms with van der Waals surface area (Å²) in [6.45, 7) is 0. The lowest BCUT2D eigenvalue weighted by molar-refractivity contribution is 0.615. The van der Waals surface area contributed by atoms with Crippen molar-refractivity contribution in [2.45, 2.75) is 5.75 Å². The average molecular weight is 309 g/mol. The van der Waals surface area contributed by atoms with E-state index in [1.165, 1.54) is 6.07 Å². The maximum atomic E-state index is 13.6. The fraction of sp³-hybridized carbons (Fsp3) is 0.125. The van der Waals surface area contributed by atoms with Crippen LogP contribution in [0.15, 0.2) is 54.6 Å². The average Bonchev–Trinajstić information content (AvgIpc) is 2.44. The van der Waals surface area contributed by atoms with Crippen molar-refractivity contribution in [1.29, 1.82) is 0 Å². The van der Waals surface area contributed by atoms with Gasteiger partial charge in [0.1, 0.15) is 5.82 Å². The summed E-state index contributed by atoms with van der Waals surface area (Å²) in [6.07, 6.45) is 3.74. The highest BCUT2D eigenvalue weighted by Gasteiger charge is 2.09. The van der Waals surface area contributed by atoms with Crippen LogP contribution in [0.25, 0.3) is 6.08 Å². The highest BCUT2D eigenvalue weighted by molar-refractivity contribution is 7.84. The molecule has 0 radical (unpaired) electrons. The summed E-state index contributed by atoms with van der Waals surface area (Å²) in [5.74, 6) is 0.0994. The van der Waals surface area contributed by atoms with E-state index in [1.807, 2.05) is 42.5 Å². The molecule has 0 amide bonds. The minimum atomic E-state index is -1.18. The lowest BCUT2D eigenvalue weighted by atomic mass is 10.2. The predicted molar refractivity (Wildman–Crippen MR) is 83.6 cm³/mol. The van der Waals surface area contributed by atoms with Crippen LogP contribution in [-0.4, -0.2) is 9.96 Å². The molecule has 0 saturated heterocycles. The first-order valence-corrected chi connectivity index (χ1v) is 8.03. The molecule has 0 heterocycles. The molecule has 2 rings (SSSR count). The Morgan fingerprint density at radius 2 is 1.85 bits per heavy atom. The van der Waals surface area contributed by atoms with Crippen LogP contribution in [0.5, 0.6) is 0 Å². The van der Waals surface area contributed by atoms with Crippen molar-refractivity contribution >= 4 is 28.5 Å². The second-order valence-electron chi connectivity index (χ2n) is 4.26. The summed E-state index contributed by atoms with van der Waals surface area (Å²) in [7, 11) is -1.18. The van der Waals surface area contributed by atoms with Crippen molar-refractivity contribution in [3.8, 4) is 0 Å². The Balaban J connectivity index is 1.95. The van der Waals surface area contributed by atoms with Gasteiger partial charge < -0.3 is 0 Å². The summed E-state index contributed by atoms with van der Waals surface area (Å²) < 4.78 is 25.5. The summed E-state index contributed by atoms with van der Waals surface area (Å²) >= 11 is 5.91. The molecule has 0 saturated carbocycles. The van der Waals surface area contributed by atoms with Crippen molar-refractivity contribution < 1.29 is 8.60 Å². The highest BCUT2D eigenvalue weighted by Crippen LogP contribution is 2.20. The van der Waals surface area contributed by atoms with Crippen molar-refractivity contribution in [1.82, 2.24) is 0 Å². The van der Waals surface area contributed by atoms with E-state index in [-0.39, 0.29) is 5.75 Å².